The molecule has 0 saturated heterocycles. The first-order valence-electron chi connectivity index (χ1n) is 7.12. The first-order chi connectivity index (χ1) is 11.5. The van der Waals surface area contributed by atoms with Gasteiger partial charge in [0.2, 0.25) is 0 Å². The number of ether oxygens (including phenoxy) is 1. The molecule has 7 heteroatoms. The zero-order chi connectivity index (χ0) is 17.1. The van der Waals surface area contributed by atoms with Crippen LogP contribution >= 0.6 is 15.9 Å². The molecule has 24 heavy (non-hydrogen) atoms. The summed E-state index contributed by atoms with van der Waals surface area (Å²) in [6, 6.07) is 13.2. The lowest BCUT2D eigenvalue weighted by Gasteiger charge is -2.11. The van der Waals surface area contributed by atoms with Crippen molar-refractivity contribution in [2.24, 2.45) is 0 Å². The lowest BCUT2D eigenvalue weighted by molar-refractivity contribution is -0.155. The fraction of sp³-hybridized carbons (Fsp3) is 0.118. The van der Waals surface area contributed by atoms with E-state index in [1.807, 2.05) is 0 Å². The number of aromatic nitrogens is 2. The van der Waals surface area contributed by atoms with Gasteiger partial charge in [0, 0.05) is 16.7 Å². The molecule has 0 radical (unpaired) electrons. The number of fused-ring (bicyclic) bond motifs is 1. The number of aliphatic hydroxyl groups is 1. The fourth-order valence-corrected chi connectivity index (χ4v) is 2.53. The van der Waals surface area contributed by atoms with Crippen molar-refractivity contribution in [2.75, 3.05) is 0 Å². The van der Waals surface area contributed by atoms with Crippen LogP contribution in [-0.4, -0.2) is 20.5 Å². The number of esters is 1. The van der Waals surface area contributed by atoms with E-state index in [2.05, 4.69) is 20.9 Å². The topological polar surface area (TPSA) is 80.9 Å². The molecule has 0 aliphatic rings. The van der Waals surface area contributed by atoms with Crippen molar-refractivity contribution in [3.8, 4) is 0 Å². The van der Waals surface area contributed by atoms with Crippen LogP contribution in [0.2, 0.25) is 0 Å². The molecule has 0 fully saturated rings. The molecule has 122 valence electrons. The Labute approximate surface area is 145 Å². The molecule has 1 aromatic carbocycles. The van der Waals surface area contributed by atoms with Crippen LogP contribution in [0.25, 0.3) is 5.65 Å². The Kier molecular flexibility index (Phi) is 4.73. The van der Waals surface area contributed by atoms with Crippen LogP contribution in [0.4, 0.5) is 0 Å². The van der Waals surface area contributed by atoms with Crippen molar-refractivity contribution < 1.29 is 14.6 Å². The van der Waals surface area contributed by atoms with E-state index in [4.69, 9.17) is 4.74 Å². The molecule has 0 aliphatic carbocycles. The van der Waals surface area contributed by atoms with Gasteiger partial charge in [-0.05, 0) is 33.6 Å². The quantitative estimate of drug-likeness (QED) is 0.693. The molecule has 0 amide bonds. The SMILES string of the molecule is O=C(OCc1cc(=O)n2cc(Br)ccc2n1)[C@@H](O)c1ccccc1. The average molecular weight is 389 g/mol. The first kappa shape index (κ1) is 16.4. The molecule has 6 nitrogen and oxygen atoms in total. The average Bonchev–Trinajstić information content (AvgIpc) is 2.60. The molecule has 1 atom stereocenters. The third-order valence-corrected chi connectivity index (χ3v) is 3.85. The van der Waals surface area contributed by atoms with Gasteiger partial charge in [0.25, 0.3) is 5.56 Å². The predicted octanol–water partition coefficient (Wildman–Crippen LogP) is 2.23. The fourth-order valence-electron chi connectivity index (χ4n) is 2.20. The standard InChI is InChI=1S/C17H13BrN2O4/c18-12-6-7-14-19-13(8-15(21)20(14)9-12)10-24-17(23)16(22)11-4-2-1-3-5-11/h1-9,16,22H,10H2/t16-/m0/s1. The van der Waals surface area contributed by atoms with Crippen LogP contribution < -0.4 is 5.56 Å². The number of hydrogen-bond donors (Lipinski definition) is 1. The summed E-state index contributed by atoms with van der Waals surface area (Å²) in [6.45, 7) is -0.190. The smallest absolute Gasteiger partial charge is 0.340 e. The van der Waals surface area contributed by atoms with E-state index in [0.717, 1.165) is 4.47 Å². The van der Waals surface area contributed by atoms with Crippen molar-refractivity contribution in [3.63, 3.8) is 0 Å². The highest BCUT2D eigenvalue weighted by Gasteiger charge is 2.19. The molecule has 3 rings (SSSR count). The maximum absolute atomic E-state index is 12.1. The molecule has 2 aromatic heterocycles. The molecule has 0 saturated carbocycles. The normalized spacial score (nSPS) is 12.1. The van der Waals surface area contributed by atoms with Crippen molar-refractivity contribution in [1.29, 1.82) is 0 Å². The van der Waals surface area contributed by atoms with E-state index in [-0.39, 0.29) is 12.2 Å². The molecule has 2 heterocycles. The molecule has 0 aliphatic heterocycles. The minimum Gasteiger partial charge on any atom is -0.457 e. The largest absolute Gasteiger partial charge is 0.457 e. The summed E-state index contributed by atoms with van der Waals surface area (Å²) < 4.78 is 7.20. The zero-order valence-corrected chi connectivity index (χ0v) is 14.0. The summed E-state index contributed by atoms with van der Waals surface area (Å²) in [5, 5.41) is 9.96. The highest BCUT2D eigenvalue weighted by atomic mass is 79.9. The van der Waals surface area contributed by atoms with E-state index >= 15 is 0 Å². The van der Waals surface area contributed by atoms with Gasteiger partial charge >= 0.3 is 5.97 Å². The van der Waals surface area contributed by atoms with Gasteiger partial charge in [0.1, 0.15) is 12.3 Å². The molecular weight excluding hydrogens is 376 g/mol. The van der Waals surface area contributed by atoms with Gasteiger partial charge in [-0.2, -0.15) is 0 Å². The molecular formula is C17H13BrN2O4. The minimum atomic E-state index is -1.37. The Bertz CT molecular complexity index is 940. The Morgan fingerprint density at radius 1 is 1.25 bits per heavy atom. The zero-order valence-electron chi connectivity index (χ0n) is 12.4. The number of hydrogen-bond acceptors (Lipinski definition) is 5. The molecule has 1 N–H and O–H groups in total. The van der Waals surface area contributed by atoms with Gasteiger partial charge in [-0.3, -0.25) is 9.20 Å². The number of nitrogens with zero attached hydrogens (tertiary/aromatic N) is 2. The molecule has 0 unspecified atom stereocenters. The predicted molar refractivity (Wildman–Crippen MR) is 90.4 cm³/mol. The number of carbonyl (C=O) groups is 1. The maximum atomic E-state index is 12.1. The second-order valence-corrected chi connectivity index (χ2v) is 6.00. The number of pyridine rings is 1. The van der Waals surface area contributed by atoms with Crippen molar-refractivity contribution >= 4 is 27.5 Å². The van der Waals surface area contributed by atoms with E-state index in [1.165, 1.54) is 10.5 Å². The number of carbonyl (C=O) groups excluding carboxylic acids is 1. The Morgan fingerprint density at radius 3 is 2.75 bits per heavy atom. The minimum absolute atomic E-state index is 0.190. The van der Waals surface area contributed by atoms with Crippen LogP contribution in [0.15, 0.2) is 64.0 Å². The number of rotatable bonds is 4. The van der Waals surface area contributed by atoms with Gasteiger partial charge in [-0.15, -0.1) is 0 Å². The second-order valence-electron chi connectivity index (χ2n) is 5.08. The highest BCUT2D eigenvalue weighted by Crippen LogP contribution is 2.15. The van der Waals surface area contributed by atoms with Crippen molar-refractivity contribution in [2.45, 2.75) is 12.7 Å². The third kappa shape index (κ3) is 3.52. The van der Waals surface area contributed by atoms with Gasteiger partial charge < -0.3 is 9.84 Å². The van der Waals surface area contributed by atoms with Crippen LogP contribution in [0, 0.1) is 0 Å². The third-order valence-electron chi connectivity index (χ3n) is 3.38. The van der Waals surface area contributed by atoms with Gasteiger partial charge in [-0.1, -0.05) is 30.3 Å². The lowest BCUT2D eigenvalue weighted by atomic mass is 10.1. The highest BCUT2D eigenvalue weighted by molar-refractivity contribution is 9.10. The van der Waals surface area contributed by atoms with Gasteiger partial charge in [-0.25, -0.2) is 9.78 Å². The summed E-state index contributed by atoms with van der Waals surface area (Å²) in [4.78, 5) is 28.2. The maximum Gasteiger partial charge on any atom is 0.340 e. The number of halogens is 1. The van der Waals surface area contributed by atoms with Gasteiger partial charge in [0.05, 0.1) is 5.69 Å². The van der Waals surface area contributed by atoms with Crippen LogP contribution in [-0.2, 0) is 16.1 Å². The van der Waals surface area contributed by atoms with Crippen molar-refractivity contribution in [3.05, 3.63) is 80.8 Å². The number of aliphatic hydroxyl groups excluding tert-OH is 1. The second kappa shape index (κ2) is 6.94. The summed E-state index contributed by atoms with van der Waals surface area (Å²) in [5.41, 5.74) is 0.922. The lowest BCUT2D eigenvalue weighted by Crippen LogP contribution is -2.19. The summed E-state index contributed by atoms with van der Waals surface area (Å²) in [6.07, 6.45) is 0.239. The van der Waals surface area contributed by atoms with Crippen molar-refractivity contribution in [1.82, 2.24) is 9.38 Å². The van der Waals surface area contributed by atoms with E-state index in [1.54, 1.807) is 48.7 Å². The van der Waals surface area contributed by atoms with E-state index in [0.29, 0.717) is 16.9 Å². The van der Waals surface area contributed by atoms with E-state index < -0.39 is 12.1 Å². The van der Waals surface area contributed by atoms with Crippen LogP contribution in [0.1, 0.15) is 17.4 Å². The van der Waals surface area contributed by atoms with Crippen LogP contribution in [0.3, 0.4) is 0 Å². The summed E-state index contributed by atoms with van der Waals surface area (Å²) >= 11 is 3.29. The molecule has 0 spiro atoms. The number of benzene rings is 1. The van der Waals surface area contributed by atoms with E-state index in [9.17, 15) is 14.7 Å². The van der Waals surface area contributed by atoms with Gasteiger partial charge in [0.15, 0.2) is 6.10 Å². The summed E-state index contributed by atoms with van der Waals surface area (Å²) in [5.74, 6) is -0.793. The Hall–Kier alpha value is -2.51. The summed E-state index contributed by atoms with van der Waals surface area (Å²) in [7, 11) is 0. The monoisotopic (exact) mass is 388 g/mol. The Balaban J connectivity index is 1.75. The molecule has 0 bridgehead atoms. The van der Waals surface area contributed by atoms with Crippen LogP contribution in [0.5, 0.6) is 0 Å². The first-order valence-corrected chi connectivity index (χ1v) is 7.91. The molecule has 3 aromatic rings. The Morgan fingerprint density at radius 2 is 2.00 bits per heavy atom.